The first-order chi connectivity index (χ1) is 9.15. The first-order valence-electron chi connectivity index (χ1n) is 5.63. The van der Waals surface area contributed by atoms with Crippen molar-refractivity contribution in [3.8, 4) is 11.3 Å². The van der Waals surface area contributed by atoms with Crippen LogP contribution in [0.5, 0.6) is 0 Å². The molecule has 1 aromatic heterocycles. The molecule has 0 radical (unpaired) electrons. The molecule has 0 aliphatic carbocycles. The summed E-state index contributed by atoms with van der Waals surface area (Å²) < 4.78 is 19.2. The van der Waals surface area contributed by atoms with Gasteiger partial charge in [0.1, 0.15) is 11.6 Å². The van der Waals surface area contributed by atoms with Gasteiger partial charge in [-0.3, -0.25) is 0 Å². The maximum Gasteiger partial charge on any atom is 0.198 e. The lowest BCUT2D eigenvalue weighted by atomic mass is 10.1. The molecule has 94 valence electrons. The molecule has 0 amide bonds. The molecule has 1 heterocycles. The fourth-order valence-electron chi connectivity index (χ4n) is 1.93. The minimum absolute atomic E-state index is 0.0618. The third-order valence-electron chi connectivity index (χ3n) is 2.87. The lowest BCUT2D eigenvalue weighted by molar-refractivity contribution is 0.557. The fourth-order valence-corrected chi connectivity index (χ4v) is 2.38. The van der Waals surface area contributed by atoms with Gasteiger partial charge in [0, 0.05) is 10.9 Å². The van der Waals surface area contributed by atoms with Gasteiger partial charge in [0.05, 0.1) is 5.02 Å². The minimum Gasteiger partial charge on any atom is -0.445 e. The van der Waals surface area contributed by atoms with Crippen LogP contribution in [0.3, 0.4) is 0 Å². The zero-order valence-electron chi connectivity index (χ0n) is 9.69. The Morgan fingerprint density at radius 1 is 1.05 bits per heavy atom. The van der Waals surface area contributed by atoms with Crippen molar-refractivity contribution in [3.05, 3.63) is 64.1 Å². The Labute approximate surface area is 119 Å². The van der Waals surface area contributed by atoms with Gasteiger partial charge >= 0.3 is 0 Å². The summed E-state index contributed by atoms with van der Waals surface area (Å²) in [7, 11) is 0. The first-order valence-corrected chi connectivity index (χ1v) is 6.42. The summed E-state index contributed by atoms with van der Waals surface area (Å²) in [6.45, 7) is 0. The van der Waals surface area contributed by atoms with E-state index in [-0.39, 0.29) is 5.02 Å². The van der Waals surface area contributed by atoms with Gasteiger partial charge in [-0.1, -0.05) is 29.8 Å². The van der Waals surface area contributed by atoms with Gasteiger partial charge in [-0.2, -0.15) is 0 Å². The Kier molecular flexibility index (Phi) is 3.09. The van der Waals surface area contributed by atoms with Gasteiger partial charge in [-0.05, 0) is 47.9 Å². The van der Waals surface area contributed by atoms with E-state index in [0.717, 1.165) is 10.8 Å². The van der Waals surface area contributed by atoms with Gasteiger partial charge in [-0.25, -0.2) is 4.39 Å². The molecule has 3 aromatic rings. The normalized spacial score (nSPS) is 10.8. The summed E-state index contributed by atoms with van der Waals surface area (Å²) in [5.41, 5.74) is 0.697. The van der Waals surface area contributed by atoms with Crippen molar-refractivity contribution >= 4 is 34.6 Å². The van der Waals surface area contributed by atoms with Crippen LogP contribution in [0.2, 0.25) is 5.02 Å². The van der Waals surface area contributed by atoms with E-state index in [4.69, 9.17) is 28.2 Å². The molecule has 0 N–H and O–H groups in total. The summed E-state index contributed by atoms with van der Waals surface area (Å²) in [5, 5.41) is 1.93. The SMILES string of the molecule is Fc1ccc(-c2cc3ccccc3c(=S)o2)cc1Cl. The van der Waals surface area contributed by atoms with E-state index >= 15 is 0 Å². The zero-order chi connectivity index (χ0) is 13.4. The van der Waals surface area contributed by atoms with E-state index in [9.17, 15) is 4.39 Å². The quantitative estimate of drug-likeness (QED) is 0.539. The largest absolute Gasteiger partial charge is 0.445 e. The maximum atomic E-state index is 13.2. The highest BCUT2D eigenvalue weighted by molar-refractivity contribution is 7.71. The van der Waals surface area contributed by atoms with Crippen LogP contribution in [0.1, 0.15) is 0 Å². The van der Waals surface area contributed by atoms with E-state index < -0.39 is 5.82 Å². The van der Waals surface area contributed by atoms with E-state index in [1.807, 2.05) is 30.3 Å². The third-order valence-corrected chi connectivity index (χ3v) is 3.47. The standard InChI is InChI=1S/C15H8ClFOS/c16-12-7-10(5-6-13(12)17)14-8-9-3-1-2-4-11(9)15(19)18-14/h1-8H. The molecular weight excluding hydrogens is 283 g/mol. The molecule has 2 aromatic carbocycles. The Balaban J connectivity index is 2.25. The Hall–Kier alpha value is -1.71. The van der Waals surface area contributed by atoms with Crippen molar-refractivity contribution in [2.24, 2.45) is 0 Å². The first kappa shape index (κ1) is 12.3. The summed E-state index contributed by atoms with van der Waals surface area (Å²) in [6.07, 6.45) is 0. The summed E-state index contributed by atoms with van der Waals surface area (Å²) in [6, 6.07) is 14.0. The molecule has 0 fully saturated rings. The van der Waals surface area contributed by atoms with Crippen molar-refractivity contribution in [2.75, 3.05) is 0 Å². The molecule has 1 nitrogen and oxygen atoms in total. The van der Waals surface area contributed by atoms with E-state index in [0.29, 0.717) is 16.0 Å². The van der Waals surface area contributed by atoms with Crippen molar-refractivity contribution in [2.45, 2.75) is 0 Å². The van der Waals surface area contributed by atoms with Crippen molar-refractivity contribution in [1.29, 1.82) is 0 Å². The molecule has 0 saturated heterocycles. The second kappa shape index (κ2) is 4.76. The lowest BCUT2D eigenvalue weighted by Gasteiger charge is -2.04. The van der Waals surface area contributed by atoms with Crippen LogP contribution >= 0.6 is 23.8 Å². The van der Waals surface area contributed by atoms with Gasteiger partial charge in [-0.15, -0.1) is 0 Å². The van der Waals surface area contributed by atoms with Crippen LogP contribution in [0, 0.1) is 10.5 Å². The van der Waals surface area contributed by atoms with Crippen LogP contribution < -0.4 is 0 Å². The maximum absolute atomic E-state index is 13.2. The summed E-state index contributed by atoms with van der Waals surface area (Å²) in [5.74, 6) is 0.121. The van der Waals surface area contributed by atoms with Crippen LogP contribution in [-0.4, -0.2) is 0 Å². The second-order valence-electron chi connectivity index (χ2n) is 4.11. The molecule has 0 unspecified atom stereocenters. The molecule has 0 aliphatic rings. The number of rotatable bonds is 1. The number of halogens is 2. The van der Waals surface area contributed by atoms with Crippen LogP contribution in [-0.2, 0) is 0 Å². The molecule has 4 heteroatoms. The molecule has 3 rings (SSSR count). The van der Waals surface area contributed by atoms with Crippen molar-refractivity contribution in [1.82, 2.24) is 0 Å². The second-order valence-corrected chi connectivity index (χ2v) is 4.89. The van der Waals surface area contributed by atoms with Gasteiger partial charge in [0.25, 0.3) is 0 Å². The van der Waals surface area contributed by atoms with Crippen LogP contribution in [0.25, 0.3) is 22.1 Å². The molecule has 19 heavy (non-hydrogen) atoms. The average molecular weight is 291 g/mol. The highest BCUT2D eigenvalue weighted by Gasteiger charge is 2.07. The highest BCUT2D eigenvalue weighted by Crippen LogP contribution is 2.28. The Morgan fingerprint density at radius 3 is 2.63 bits per heavy atom. The molecule has 0 spiro atoms. The predicted molar refractivity (Wildman–Crippen MR) is 77.5 cm³/mol. The predicted octanol–water partition coefficient (Wildman–Crippen LogP) is 5.62. The highest BCUT2D eigenvalue weighted by atomic mass is 35.5. The van der Waals surface area contributed by atoms with E-state index in [2.05, 4.69) is 0 Å². The van der Waals surface area contributed by atoms with E-state index in [1.165, 1.54) is 12.1 Å². The monoisotopic (exact) mass is 290 g/mol. The molecule has 0 bridgehead atoms. The summed E-state index contributed by atoms with van der Waals surface area (Å²) in [4.78, 5) is 0. The number of benzene rings is 2. The van der Waals surface area contributed by atoms with Crippen LogP contribution in [0.4, 0.5) is 4.39 Å². The summed E-state index contributed by atoms with van der Waals surface area (Å²) >= 11 is 11.0. The smallest absolute Gasteiger partial charge is 0.198 e. The minimum atomic E-state index is -0.454. The number of fused-ring (bicyclic) bond motifs is 1. The van der Waals surface area contributed by atoms with Gasteiger partial charge in [0.2, 0.25) is 0 Å². The number of hydrogen-bond donors (Lipinski definition) is 0. The Morgan fingerprint density at radius 2 is 1.84 bits per heavy atom. The van der Waals surface area contributed by atoms with Gasteiger partial charge in [0.15, 0.2) is 4.71 Å². The Bertz CT molecular complexity index is 826. The molecule has 0 atom stereocenters. The van der Waals surface area contributed by atoms with Crippen molar-refractivity contribution < 1.29 is 8.81 Å². The lowest BCUT2D eigenvalue weighted by Crippen LogP contribution is -1.83. The average Bonchev–Trinajstić information content (AvgIpc) is 2.42. The van der Waals surface area contributed by atoms with E-state index in [1.54, 1.807) is 6.07 Å². The van der Waals surface area contributed by atoms with Crippen LogP contribution in [0.15, 0.2) is 52.9 Å². The molecular formula is C15H8ClFOS. The van der Waals surface area contributed by atoms with Gasteiger partial charge < -0.3 is 4.42 Å². The molecule has 0 aliphatic heterocycles. The van der Waals surface area contributed by atoms with Crippen molar-refractivity contribution in [3.63, 3.8) is 0 Å². The third kappa shape index (κ3) is 2.27. The zero-order valence-corrected chi connectivity index (χ0v) is 11.3. The fraction of sp³-hybridized carbons (Fsp3) is 0. The topological polar surface area (TPSA) is 13.1 Å². The number of hydrogen-bond acceptors (Lipinski definition) is 2. The molecule has 0 saturated carbocycles.